The number of anilines is 1. The van der Waals surface area contributed by atoms with Crippen LogP contribution in [-0.2, 0) is 17.7 Å². The van der Waals surface area contributed by atoms with Gasteiger partial charge in [-0.1, -0.05) is 19.1 Å². The molecular weight excluding hydrogens is 422 g/mol. The number of benzene rings is 1. The molecule has 2 aromatic heterocycles. The largest absolute Gasteiger partial charge is 0.380 e. The average Bonchev–Trinajstić information content (AvgIpc) is 3.19. The molecule has 1 N–H and O–H groups in total. The topological polar surface area (TPSA) is 55.2 Å². The van der Waals surface area contributed by atoms with Gasteiger partial charge in [-0.3, -0.25) is 4.90 Å². The highest BCUT2D eigenvalue weighted by molar-refractivity contribution is 5.76. The first-order valence-corrected chi connectivity index (χ1v) is 13.0. The van der Waals surface area contributed by atoms with Gasteiger partial charge in [0, 0.05) is 42.5 Å². The highest BCUT2D eigenvalue weighted by Crippen LogP contribution is 2.34. The van der Waals surface area contributed by atoms with Crippen molar-refractivity contribution in [2.75, 3.05) is 31.6 Å². The van der Waals surface area contributed by atoms with Gasteiger partial charge in [0.05, 0.1) is 19.8 Å². The summed E-state index contributed by atoms with van der Waals surface area (Å²) in [6.07, 6.45) is 5.85. The fourth-order valence-electron chi connectivity index (χ4n) is 5.78. The molecule has 6 nitrogen and oxygen atoms in total. The zero-order valence-electron chi connectivity index (χ0n) is 21.2. The zero-order chi connectivity index (χ0) is 23.7. The van der Waals surface area contributed by atoms with Crippen LogP contribution in [0, 0.1) is 13.8 Å². The van der Waals surface area contributed by atoms with Gasteiger partial charge in [0.1, 0.15) is 11.3 Å². The maximum atomic E-state index is 5.53. The lowest BCUT2D eigenvalue weighted by Gasteiger charge is -2.43. The van der Waals surface area contributed by atoms with Gasteiger partial charge in [-0.15, -0.1) is 0 Å². The third kappa shape index (κ3) is 4.84. The summed E-state index contributed by atoms with van der Waals surface area (Å²) in [4.78, 5) is 12.4. The van der Waals surface area contributed by atoms with Crippen LogP contribution < -0.4 is 5.32 Å². The van der Waals surface area contributed by atoms with E-state index in [9.17, 15) is 0 Å². The van der Waals surface area contributed by atoms with E-state index in [1.807, 2.05) is 0 Å². The van der Waals surface area contributed by atoms with E-state index in [1.54, 1.807) is 0 Å². The normalized spacial score (nSPS) is 23.9. The van der Waals surface area contributed by atoms with Crippen molar-refractivity contribution in [3.8, 4) is 0 Å². The molecule has 2 fully saturated rings. The summed E-state index contributed by atoms with van der Waals surface area (Å²) in [7, 11) is 0. The molecule has 34 heavy (non-hydrogen) atoms. The molecule has 0 atom stereocenters. The Morgan fingerprint density at radius 3 is 2.44 bits per heavy atom. The van der Waals surface area contributed by atoms with Crippen LogP contribution in [0.4, 0.5) is 5.69 Å². The van der Waals surface area contributed by atoms with Crippen molar-refractivity contribution in [2.24, 2.45) is 0 Å². The summed E-state index contributed by atoms with van der Waals surface area (Å²) < 4.78 is 7.82. The summed E-state index contributed by atoms with van der Waals surface area (Å²) in [5.41, 5.74) is 6.94. The molecule has 3 heterocycles. The van der Waals surface area contributed by atoms with Crippen molar-refractivity contribution in [3.63, 3.8) is 0 Å². The smallest absolute Gasteiger partial charge is 0.160 e. The lowest BCUT2D eigenvalue weighted by molar-refractivity contribution is 0.00491. The van der Waals surface area contributed by atoms with E-state index in [2.05, 4.69) is 72.8 Å². The quantitative estimate of drug-likeness (QED) is 0.553. The van der Waals surface area contributed by atoms with Crippen molar-refractivity contribution in [1.82, 2.24) is 19.4 Å². The van der Waals surface area contributed by atoms with Gasteiger partial charge in [0.2, 0.25) is 0 Å². The Balaban J connectivity index is 1.25. The minimum absolute atomic E-state index is 0.166. The fraction of sp³-hybridized carbons (Fsp3) is 0.571. The monoisotopic (exact) mass is 461 g/mol. The molecular formula is C28H39N5O. The molecule has 1 aliphatic carbocycles. The summed E-state index contributed by atoms with van der Waals surface area (Å²) in [5.74, 6) is 1.10. The predicted molar refractivity (Wildman–Crippen MR) is 139 cm³/mol. The Labute approximate surface area is 203 Å². The standard InChI is InChI=1S/C28H39N5O/c1-5-25-30-26-20(2)18-21(3)29-27(26)33(25)19-22-6-8-23(9-7-22)31-28(4)12-10-24(11-13-28)32-14-16-34-17-15-32/h6-9,18,24,31H,5,10-17,19H2,1-4H3/t24-,28-. The molecule has 5 rings (SSSR count). The van der Waals surface area contributed by atoms with E-state index >= 15 is 0 Å². The van der Waals surface area contributed by atoms with Crippen molar-refractivity contribution in [3.05, 3.63) is 53.0 Å². The van der Waals surface area contributed by atoms with Gasteiger partial charge in [-0.25, -0.2) is 9.97 Å². The summed E-state index contributed by atoms with van der Waals surface area (Å²) in [5, 5.41) is 3.86. The zero-order valence-corrected chi connectivity index (χ0v) is 21.2. The molecule has 6 heteroatoms. The number of ether oxygens (including phenoxy) is 1. The molecule has 1 aromatic carbocycles. The van der Waals surface area contributed by atoms with Crippen LogP contribution in [0.1, 0.15) is 62.2 Å². The van der Waals surface area contributed by atoms with Crippen molar-refractivity contribution < 1.29 is 4.74 Å². The van der Waals surface area contributed by atoms with Crippen LogP contribution in [0.25, 0.3) is 11.2 Å². The lowest BCUT2D eigenvalue weighted by Crippen LogP contribution is -2.49. The molecule has 0 amide bonds. The number of morpholine rings is 1. The first-order chi connectivity index (χ1) is 16.4. The van der Waals surface area contributed by atoms with Gasteiger partial charge in [-0.2, -0.15) is 0 Å². The molecule has 0 spiro atoms. The van der Waals surface area contributed by atoms with Crippen LogP contribution in [0.2, 0.25) is 0 Å². The molecule has 0 bridgehead atoms. The molecule has 0 unspecified atom stereocenters. The van der Waals surface area contributed by atoms with Gasteiger partial charge >= 0.3 is 0 Å². The van der Waals surface area contributed by atoms with E-state index in [0.717, 1.165) is 68.0 Å². The number of pyridine rings is 1. The van der Waals surface area contributed by atoms with Crippen LogP contribution in [0.15, 0.2) is 30.3 Å². The lowest BCUT2D eigenvalue weighted by atomic mass is 9.80. The predicted octanol–water partition coefficient (Wildman–Crippen LogP) is 5.10. The third-order valence-corrected chi connectivity index (χ3v) is 7.78. The number of imidazole rings is 1. The van der Waals surface area contributed by atoms with Crippen LogP contribution >= 0.6 is 0 Å². The number of rotatable bonds is 6. The number of fused-ring (bicyclic) bond motifs is 1. The second kappa shape index (κ2) is 9.67. The third-order valence-electron chi connectivity index (χ3n) is 7.78. The van der Waals surface area contributed by atoms with E-state index in [4.69, 9.17) is 14.7 Å². The molecule has 1 saturated carbocycles. The minimum Gasteiger partial charge on any atom is -0.380 e. The summed E-state index contributed by atoms with van der Waals surface area (Å²) in [6, 6.07) is 11.8. The Bertz CT molecular complexity index is 1120. The Morgan fingerprint density at radius 1 is 1.06 bits per heavy atom. The molecule has 3 aromatic rings. The van der Waals surface area contributed by atoms with Crippen LogP contribution in [0.3, 0.4) is 0 Å². The van der Waals surface area contributed by atoms with E-state index in [-0.39, 0.29) is 5.54 Å². The maximum Gasteiger partial charge on any atom is 0.160 e. The summed E-state index contributed by atoms with van der Waals surface area (Å²) in [6.45, 7) is 13.5. The molecule has 2 aliphatic rings. The van der Waals surface area contributed by atoms with Gasteiger partial charge in [0.15, 0.2) is 5.65 Å². The van der Waals surface area contributed by atoms with Crippen LogP contribution in [0.5, 0.6) is 0 Å². The molecule has 0 radical (unpaired) electrons. The Morgan fingerprint density at radius 2 is 1.76 bits per heavy atom. The second-order valence-corrected chi connectivity index (χ2v) is 10.5. The van der Waals surface area contributed by atoms with Gasteiger partial charge in [0.25, 0.3) is 0 Å². The highest BCUT2D eigenvalue weighted by atomic mass is 16.5. The first kappa shape index (κ1) is 23.3. The number of aryl methyl sites for hydroxylation is 3. The first-order valence-electron chi connectivity index (χ1n) is 13.0. The number of aromatic nitrogens is 3. The minimum atomic E-state index is 0.166. The van der Waals surface area contributed by atoms with Crippen molar-refractivity contribution in [2.45, 2.75) is 77.9 Å². The van der Waals surface area contributed by atoms with Gasteiger partial charge in [-0.05, 0) is 75.8 Å². The van der Waals surface area contributed by atoms with Crippen molar-refractivity contribution in [1.29, 1.82) is 0 Å². The van der Waals surface area contributed by atoms with Gasteiger partial charge < -0.3 is 14.6 Å². The molecule has 182 valence electrons. The number of hydrogen-bond acceptors (Lipinski definition) is 5. The van der Waals surface area contributed by atoms with Crippen molar-refractivity contribution >= 4 is 16.9 Å². The van der Waals surface area contributed by atoms with E-state index in [1.165, 1.54) is 42.5 Å². The Hall–Kier alpha value is -2.44. The fourth-order valence-corrected chi connectivity index (χ4v) is 5.78. The van der Waals surface area contributed by atoms with E-state index < -0.39 is 0 Å². The maximum absolute atomic E-state index is 5.53. The Kier molecular flexibility index (Phi) is 6.63. The average molecular weight is 462 g/mol. The number of hydrogen-bond donors (Lipinski definition) is 1. The summed E-state index contributed by atoms with van der Waals surface area (Å²) >= 11 is 0. The number of nitrogens with one attached hydrogen (secondary N) is 1. The highest BCUT2D eigenvalue weighted by Gasteiger charge is 2.33. The van der Waals surface area contributed by atoms with E-state index in [0.29, 0.717) is 0 Å². The van der Waals surface area contributed by atoms with Crippen LogP contribution in [-0.4, -0.2) is 57.3 Å². The molecule has 1 aliphatic heterocycles. The SMILES string of the molecule is CCc1nc2c(C)cc(C)nc2n1Cc1ccc(N[C@]2(C)CC[C@@H](N3CCOCC3)CC2)cc1. The second-order valence-electron chi connectivity index (χ2n) is 10.5. The number of nitrogens with zero attached hydrogens (tertiary/aromatic N) is 4. The molecule has 1 saturated heterocycles.